The third-order valence-corrected chi connectivity index (χ3v) is 6.65. The van der Waals surface area contributed by atoms with E-state index in [2.05, 4.69) is 5.32 Å². The van der Waals surface area contributed by atoms with Crippen LogP contribution in [0.25, 0.3) is 0 Å². The summed E-state index contributed by atoms with van der Waals surface area (Å²) in [6.45, 7) is 4.80. The van der Waals surface area contributed by atoms with Gasteiger partial charge in [0.15, 0.2) is 0 Å². The minimum absolute atomic E-state index is 0.0783. The average molecular weight is 481 g/mol. The van der Waals surface area contributed by atoms with Gasteiger partial charge in [-0.2, -0.15) is 0 Å². The van der Waals surface area contributed by atoms with Gasteiger partial charge in [0.2, 0.25) is 11.8 Å². The number of hydrogen-bond acceptors (Lipinski definition) is 3. The summed E-state index contributed by atoms with van der Waals surface area (Å²) in [5.74, 6) is 0.0169. The number of carbonyl (C=O) groups is 2. The van der Waals surface area contributed by atoms with Crippen LogP contribution in [0.15, 0.2) is 83.8 Å². The molecule has 0 spiro atoms. The third-order valence-electron chi connectivity index (χ3n) is 5.40. The molecule has 172 valence electrons. The first kappa shape index (κ1) is 24.9. The Bertz CT molecular complexity index is 1060. The minimum Gasteiger partial charge on any atom is -0.355 e. The van der Waals surface area contributed by atoms with Crippen molar-refractivity contribution in [2.45, 2.75) is 37.8 Å². The van der Waals surface area contributed by atoms with E-state index in [9.17, 15) is 9.59 Å². The molecule has 0 aliphatic carbocycles. The van der Waals surface area contributed by atoms with Crippen LogP contribution in [0, 0.1) is 6.92 Å². The predicted molar refractivity (Wildman–Crippen MR) is 137 cm³/mol. The summed E-state index contributed by atoms with van der Waals surface area (Å²) in [6.07, 6.45) is 0.454. The first-order valence-corrected chi connectivity index (χ1v) is 12.4. The van der Waals surface area contributed by atoms with Gasteiger partial charge in [-0.1, -0.05) is 66.2 Å². The van der Waals surface area contributed by atoms with Gasteiger partial charge < -0.3 is 10.2 Å². The Morgan fingerprint density at radius 3 is 2.30 bits per heavy atom. The number of nitrogens with one attached hydrogen (secondary N) is 1. The van der Waals surface area contributed by atoms with Crippen LogP contribution in [0.2, 0.25) is 5.02 Å². The van der Waals surface area contributed by atoms with Crippen molar-refractivity contribution in [1.29, 1.82) is 0 Å². The van der Waals surface area contributed by atoms with Crippen molar-refractivity contribution >= 4 is 35.2 Å². The van der Waals surface area contributed by atoms with Crippen LogP contribution in [-0.4, -0.2) is 35.1 Å². The van der Waals surface area contributed by atoms with Crippen molar-refractivity contribution in [3.05, 3.63) is 101 Å². The predicted octanol–water partition coefficient (Wildman–Crippen LogP) is 5.52. The first-order chi connectivity index (χ1) is 16.0. The Hall–Kier alpha value is -2.76. The normalized spacial score (nSPS) is 11.6. The highest BCUT2D eigenvalue weighted by molar-refractivity contribution is 8.00. The van der Waals surface area contributed by atoms with E-state index in [4.69, 9.17) is 11.6 Å². The second kappa shape index (κ2) is 12.5. The topological polar surface area (TPSA) is 49.4 Å². The number of rotatable bonds is 10. The molecule has 3 rings (SSSR count). The molecule has 3 aromatic rings. The van der Waals surface area contributed by atoms with E-state index in [1.807, 2.05) is 92.7 Å². The van der Waals surface area contributed by atoms with Gasteiger partial charge in [-0.15, -0.1) is 11.8 Å². The van der Waals surface area contributed by atoms with Crippen LogP contribution >= 0.6 is 23.4 Å². The Balaban J connectivity index is 1.89. The third kappa shape index (κ3) is 7.37. The Kier molecular flexibility index (Phi) is 9.40. The molecule has 0 heterocycles. The van der Waals surface area contributed by atoms with Crippen LogP contribution < -0.4 is 5.32 Å². The lowest BCUT2D eigenvalue weighted by Gasteiger charge is -2.32. The smallest absolute Gasteiger partial charge is 0.243 e. The quantitative estimate of drug-likeness (QED) is 0.389. The summed E-state index contributed by atoms with van der Waals surface area (Å²) in [7, 11) is 0. The molecule has 0 aliphatic rings. The summed E-state index contributed by atoms with van der Waals surface area (Å²) in [5, 5.41) is 3.59. The molecular weight excluding hydrogens is 452 g/mol. The van der Waals surface area contributed by atoms with Crippen molar-refractivity contribution in [3.63, 3.8) is 0 Å². The largest absolute Gasteiger partial charge is 0.355 e. The standard InChI is InChI=1S/C27H29ClN2O2S/c1-3-29-27(32)25(17-21-10-5-4-6-11-21)30(18-22-12-8-7-9-20(22)2)26(31)19-33-24-15-13-23(28)14-16-24/h4-16,25H,3,17-19H2,1-2H3,(H,29,32). The number of amides is 2. The van der Waals surface area contributed by atoms with Crippen LogP contribution in [0.3, 0.4) is 0 Å². The van der Waals surface area contributed by atoms with Gasteiger partial charge in [-0.3, -0.25) is 9.59 Å². The fraction of sp³-hybridized carbons (Fsp3) is 0.259. The molecule has 1 N–H and O–H groups in total. The van der Waals surface area contributed by atoms with E-state index < -0.39 is 6.04 Å². The monoisotopic (exact) mass is 480 g/mol. The zero-order valence-corrected chi connectivity index (χ0v) is 20.5. The van der Waals surface area contributed by atoms with E-state index in [1.54, 1.807) is 4.90 Å². The van der Waals surface area contributed by atoms with Gasteiger partial charge in [-0.05, 0) is 54.8 Å². The van der Waals surface area contributed by atoms with Gasteiger partial charge in [0, 0.05) is 29.4 Å². The summed E-state index contributed by atoms with van der Waals surface area (Å²) >= 11 is 7.43. The lowest BCUT2D eigenvalue weighted by molar-refractivity contribution is -0.139. The molecule has 0 saturated heterocycles. The fourth-order valence-corrected chi connectivity index (χ4v) is 4.49. The number of aryl methyl sites for hydroxylation is 1. The average Bonchev–Trinajstić information content (AvgIpc) is 2.82. The summed E-state index contributed by atoms with van der Waals surface area (Å²) in [5.41, 5.74) is 3.14. The van der Waals surface area contributed by atoms with Crippen LogP contribution in [0.5, 0.6) is 0 Å². The number of halogens is 1. The van der Waals surface area contributed by atoms with Gasteiger partial charge in [0.05, 0.1) is 5.75 Å². The number of hydrogen-bond donors (Lipinski definition) is 1. The van der Waals surface area contributed by atoms with E-state index in [0.717, 1.165) is 21.6 Å². The molecule has 0 radical (unpaired) electrons. The second-order valence-corrected chi connectivity index (χ2v) is 9.28. The van der Waals surface area contributed by atoms with E-state index in [0.29, 0.717) is 24.5 Å². The van der Waals surface area contributed by atoms with Crippen LogP contribution in [0.1, 0.15) is 23.6 Å². The molecule has 33 heavy (non-hydrogen) atoms. The fourth-order valence-electron chi connectivity index (χ4n) is 3.58. The minimum atomic E-state index is -0.606. The molecule has 0 aromatic heterocycles. The summed E-state index contributed by atoms with van der Waals surface area (Å²) in [4.78, 5) is 29.4. The van der Waals surface area contributed by atoms with Crippen molar-refractivity contribution < 1.29 is 9.59 Å². The highest BCUT2D eigenvalue weighted by atomic mass is 35.5. The molecule has 4 nitrogen and oxygen atoms in total. The van der Waals surface area contributed by atoms with Crippen molar-refractivity contribution in [2.24, 2.45) is 0 Å². The van der Waals surface area contributed by atoms with E-state index >= 15 is 0 Å². The number of thioether (sulfide) groups is 1. The number of benzene rings is 3. The summed E-state index contributed by atoms with van der Waals surface area (Å²) in [6, 6.07) is 24.6. The molecule has 0 saturated carbocycles. The number of likely N-dealkylation sites (N-methyl/N-ethyl adjacent to an activating group) is 1. The second-order valence-electron chi connectivity index (χ2n) is 7.79. The maximum absolute atomic E-state index is 13.5. The van der Waals surface area contributed by atoms with Gasteiger partial charge in [-0.25, -0.2) is 0 Å². The van der Waals surface area contributed by atoms with E-state index in [-0.39, 0.29) is 17.6 Å². The van der Waals surface area contributed by atoms with Crippen molar-refractivity contribution in [1.82, 2.24) is 10.2 Å². The molecule has 1 unspecified atom stereocenters. The molecule has 6 heteroatoms. The molecule has 0 aliphatic heterocycles. The first-order valence-electron chi connectivity index (χ1n) is 11.0. The Labute approximate surface area is 205 Å². The van der Waals surface area contributed by atoms with Crippen molar-refractivity contribution in [2.75, 3.05) is 12.3 Å². The molecule has 0 bridgehead atoms. The molecule has 1 atom stereocenters. The zero-order valence-electron chi connectivity index (χ0n) is 19.0. The van der Waals surface area contributed by atoms with E-state index in [1.165, 1.54) is 11.8 Å². The SMILES string of the molecule is CCNC(=O)C(Cc1ccccc1)N(Cc1ccccc1C)C(=O)CSc1ccc(Cl)cc1. The van der Waals surface area contributed by atoms with Gasteiger partial charge in [0.1, 0.15) is 6.04 Å². The number of nitrogens with zero attached hydrogens (tertiary/aromatic N) is 1. The maximum Gasteiger partial charge on any atom is 0.243 e. The molecule has 2 amide bonds. The lowest BCUT2D eigenvalue weighted by Crippen LogP contribution is -2.51. The zero-order chi connectivity index (χ0) is 23.6. The summed E-state index contributed by atoms with van der Waals surface area (Å²) < 4.78 is 0. The van der Waals surface area contributed by atoms with Crippen molar-refractivity contribution in [3.8, 4) is 0 Å². The Morgan fingerprint density at radius 1 is 0.970 bits per heavy atom. The van der Waals surface area contributed by atoms with Crippen LogP contribution in [-0.2, 0) is 22.6 Å². The Morgan fingerprint density at radius 2 is 1.64 bits per heavy atom. The molecule has 3 aromatic carbocycles. The maximum atomic E-state index is 13.5. The highest BCUT2D eigenvalue weighted by Gasteiger charge is 2.30. The molecular formula is C27H29ClN2O2S. The van der Waals surface area contributed by atoms with Crippen LogP contribution in [0.4, 0.5) is 0 Å². The van der Waals surface area contributed by atoms with Gasteiger partial charge in [0.25, 0.3) is 0 Å². The highest BCUT2D eigenvalue weighted by Crippen LogP contribution is 2.23. The van der Waals surface area contributed by atoms with Gasteiger partial charge >= 0.3 is 0 Å². The lowest BCUT2D eigenvalue weighted by atomic mass is 10.0. The molecule has 0 fully saturated rings. The number of carbonyl (C=O) groups excluding carboxylic acids is 2.